The van der Waals surface area contributed by atoms with Crippen molar-refractivity contribution in [3.05, 3.63) is 16.1 Å². The molecule has 0 spiro atoms. The van der Waals surface area contributed by atoms with Gasteiger partial charge in [0.15, 0.2) is 0 Å². The molecule has 1 aromatic heterocycles. The summed E-state index contributed by atoms with van der Waals surface area (Å²) in [6.07, 6.45) is 0. The van der Waals surface area contributed by atoms with Gasteiger partial charge >= 0.3 is 5.97 Å². The molecule has 0 aliphatic carbocycles. The quantitative estimate of drug-likeness (QED) is 0.739. The molecule has 2 aliphatic heterocycles. The molecule has 3 N–H and O–H groups in total. The van der Waals surface area contributed by atoms with E-state index in [-0.39, 0.29) is 28.7 Å². The summed E-state index contributed by atoms with van der Waals surface area (Å²) in [5.74, 6) is -0.775. The third-order valence-corrected chi connectivity index (χ3v) is 7.50. The average molecular weight is 373 g/mol. The number of carboxylic acids is 1. The predicted molar refractivity (Wildman–Crippen MR) is 89.6 cm³/mol. The summed E-state index contributed by atoms with van der Waals surface area (Å²) in [6, 6.07) is -0.543. The van der Waals surface area contributed by atoms with Gasteiger partial charge in [-0.25, -0.2) is 4.98 Å². The first-order valence-corrected chi connectivity index (χ1v) is 9.76. The Morgan fingerprint density at radius 3 is 2.96 bits per heavy atom. The second kappa shape index (κ2) is 6.08. The van der Waals surface area contributed by atoms with Gasteiger partial charge in [0.05, 0.1) is 5.01 Å². The maximum Gasteiger partial charge on any atom is 0.313 e. The van der Waals surface area contributed by atoms with Gasteiger partial charge < -0.3 is 15.7 Å². The fourth-order valence-electron chi connectivity index (χ4n) is 2.54. The third kappa shape index (κ3) is 2.88. The Bertz CT molecular complexity index is 679. The van der Waals surface area contributed by atoms with E-state index in [0.717, 1.165) is 16.8 Å². The van der Waals surface area contributed by atoms with Crippen LogP contribution in [0.5, 0.6) is 0 Å². The van der Waals surface area contributed by atoms with Crippen LogP contribution in [0.2, 0.25) is 0 Å². The number of nitrogens with zero attached hydrogens (tertiary/aromatic N) is 2. The van der Waals surface area contributed by atoms with Crippen molar-refractivity contribution in [3.8, 4) is 0 Å². The van der Waals surface area contributed by atoms with E-state index in [1.54, 1.807) is 5.38 Å². The van der Waals surface area contributed by atoms with Crippen LogP contribution >= 0.6 is 34.9 Å². The number of aryl methyl sites for hydroxylation is 1. The van der Waals surface area contributed by atoms with Crippen molar-refractivity contribution in [1.29, 1.82) is 0 Å². The molecule has 10 heteroatoms. The molecule has 2 saturated heterocycles. The zero-order valence-corrected chi connectivity index (χ0v) is 14.7. The van der Waals surface area contributed by atoms with Crippen molar-refractivity contribution in [1.82, 2.24) is 9.88 Å². The number of β-lactam (4-membered cyclic amide) rings is 1. The third-order valence-electron chi connectivity index (χ3n) is 3.95. The van der Waals surface area contributed by atoms with Crippen molar-refractivity contribution in [3.63, 3.8) is 0 Å². The van der Waals surface area contributed by atoms with E-state index in [1.165, 1.54) is 28.0 Å². The number of aliphatic carboxylic acids is 1. The number of hydrogen-bond donors (Lipinski definition) is 2. The van der Waals surface area contributed by atoms with E-state index < -0.39 is 17.4 Å². The molecule has 23 heavy (non-hydrogen) atoms. The molecule has 2 aliphatic rings. The summed E-state index contributed by atoms with van der Waals surface area (Å²) in [6.45, 7) is 1.91. The van der Waals surface area contributed by atoms with Crippen LogP contribution in [-0.4, -0.2) is 61.4 Å². The normalized spacial score (nSPS) is 29.8. The zero-order valence-electron chi connectivity index (χ0n) is 12.2. The van der Waals surface area contributed by atoms with Crippen molar-refractivity contribution < 1.29 is 19.5 Å². The number of thioether (sulfide) groups is 2. The molecule has 3 rings (SSSR count). The maximum absolute atomic E-state index is 12.1. The van der Waals surface area contributed by atoms with Crippen LogP contribution in [-0.2, 0) is 9.59 Å². The predicted octanol–water partition coefficient (Wildman–Crippen LogP) is 0.638. The second-order valence-electron chi connectivity index (χ2n) is 5.61. The van der Waals surface area contributed by atoms with Crippen molar-refractivity contribution in [2.45, 2.75) is 18.3 Å². The van der Waals surface area contributed by atoms with E-state index in [9.17, 15) is 19.5 Å². The van der Waals surface area contributed by atoms with Crippen LogP contribution in [0.25, 0.3) is 0 Å². The highest BCUT2D eigenvalue weighted by atomic mass is 32.2. The van der Waals surface area contributed by atoms with Gasteiger partial charge in [-0.2, -0.15) is 0 Å². The van der Waals surface area contributed by atoms with Gasteiger partial charge in [0.1, 0.15) is 22.5 Å². The number of aromatic nitrogens is 1. The lowest BCUT2D eigenvalue weighted by Crippen LogP contribution is -2.72. The Labute approximate surface area is 145 Å². The van der Waals surface area contributed by atoms with E-state index in [0.29, 0.717) is 11.4 Å². The summed E-state index contributed by atoms with van der Waals surface area (Å²) in [4.78, 5) is 41.3. The minimum absolute atomic E-state index is 0.100. The molecular weight excluding hydrogens is 358 g/mol. The molecule has 2 unspecified atom stereocenters. The fourth-order valence-corrected chi connectivity index (χ4v) is 5.80. The first-order chi connectivity index (χ1) is 10.8. The number of fused-ring (bicyclic) bond motifs is 1. The molecule has 0 radical (unpaired) electrons. The molecule has 3 heterocycles. The minimum atomic E-state index is -1.14. The summed E-state index contributed by atoms with van der Waals surface area (Å²) >= 11 is 3.70. The van der Waals surface area contributed by atoms with Gasteiger partial charge in [-0.3, -0.25) is 14.4 Å². The molecule has 0 saturated carbocycles. The Hall–Kier alpha value is -1.10. The lowest BCUT2D eigenvalue weighted by atomic mass is 9.89. The molecule has 2 fully saturated rings. The number of thiazole rings is 1. The van der Waals surface area contributed by atoms with Crippen molar-refractivity contribution in [2.75, 3.05) is 18.1 Å². The molecule has 124 valence electrons. The smallest absolute Gasteiger partial charge is 0.313 e. The number of carboxylic acid groups (broad SMARTS) is 1. The second-order valence-corrected chi connectivity index (χ2v) is 8.72. The number of nitrogens with two attached hydrogens (primary N) is 1. The van der Waals surface area contributed by atoms with Gasteiger partial charge in [-0.1, -0.05) is 11.8 Å². The zero-order chi connectivity index (χ0) is 16.8. The Balaban J connectivity index is 1.69. The largest absolute Gasteiger partial charge is 0.481 e. The van der Waals surface area contributed by atoms with Crippen LogP contribution < -0.4 is 5.73 Å². The maximum atomic E-state index is 12.1. The summed E-state index contributed by atoms with van der Waals surface area (Å²) in [7, 11) is 0. The lowest BCUT2D eigenvalue weighted by molar-refractivity contribution is -0.155. The summed E-state index contributed by atoms with van der Waals surface area (Å²) in [5.41, 5.74) is 4.93. The number of carbonyl (C=O) groups is 3. The average Bonchev–Trinajstić information content (AvgIpc) is 2.97. The molecule has 0 bridgehead atoms. The fraction of sp³-hybridized carbons (Fsp3) is 0.538. The van der Waals surface area contributed by atoms with Crippen molar-refractivity contribution >= 4 is 51.9 Å². The highest BCUT2D eigenvalue weighted by Gasteiger charge is 2.55. The number of hydrogen-bond acceptors (Lipinski definition) is 8. The molecule has 7 nitrogen and oxygen atoms in total. The van der Waals surface area contributed by atoms with Crippen molar-refractivity contribution in [2.24, 2.45) is 11.1 Å². The molecule has 1 aromatic rings. The molecular formula is C13H15N3O4S3. The Morgan fingerprint density at radius 2 is 2.35 bits per heavy atom. The minimum Gasteiger partial charge on any atom is -0.481 e. The first-order valence-electron chi connectivity index (χ1n) is 6.84. The summed E-state index contributed by atoms with van der Waals surface area (Å²) in [5, 5.41) is 11.7. The molecule has 3 atom stereocenters. The van der Waals surface area contributed by atoms with Crippen LogP contribution in [0.1, 0.15) is 15.5 Å². The first kappa shape index (κ1) is 16.7. The van der Waals surface area contributed by atoms with Gasteiger partial charge in [-0.15, -0.1) is 23.1 Å². The van der Waals surface area contributed by atoms with E-state index in [4.69, 9.17) is 5.73 Å². The highest BCUT2D eigenvalue weighted by molar-refractivity contribution is 8.14. The Kier molecular flexibility index (Phi) is 4.43. The number of carbonyl (C=O) groups excluding carboxylic acids is 2. The number of rotatable bonds is 4. The molecule has 0 aromatic carbocycles. The lowest BCUT2D eigenvalue weighted by Gasteiger charge is -2.52. The van der Waals surface area contributed by atoms with E-state index in [2.05, 4.69) is 4.98 Å². The van der Waals surface area contributed by atoms with Crippen LogP contribution in [0.4, 0.5) is 0 Å². The van der Waals surface area contributed by atoms with E-state index >= 15 is 0 Å². The van der Waals surface area contributed by atoms with Crippen LogP contribution in [0.3, 0.4) is 0 Å². The van der Waals surface area contributed by atoms with Gasteiger partial charge in [-0.05, 0) is 6.92 Å². The summed E-state index contributed by atoms with van der Waals surface area (Å²) < 4.78 is 0. The standard InChI is InChI=1S/C13H15N3O4S3/c1-6-15-7(2-21-6)11(18)23-5-13(12(19)20)3-16-9(17)8(14)10(16)22-4-13/h2,8,10H,3-5,14H2,1H3,(H,19,20)/t8?,10-,13?/m1/s1. The van der Waals surface area contributed by atoms with Gasteiger partial charge in [0, 0.05) is 23.4 Å². The van der Waals surface area contributed by atoms with Gasteiger partial charge in [0.2, 0.25) is 11.0 Å². The topological polar surface area (TPSA) is 114 Å². The van der Waals surface area contributed by atoms with E-state index in [1.807, 2.05) is 6.92 Å². The van der Waals surface area contributed by atoms with Gasteiger partial charge in [0.25, 0.3) is 0 Å². The molecule has 1 amide bonds. The van der Waals surface area contributed by atoms with Crippen LogP contribution in [0, 0.1) is 12.3 Å². The van der Waals surface area contributed by atoms with Crippen LogP contribution in [0.15, 0.2) is 5.38 Å². The monoisotopic (exact) mass is 373 g/mol. The Morgan fingerprint density at radius 1 is 1.61 bits per heavy atom. The SMILES string of the molecule is Cc1nc(C(=O)SCC2(C(=O)O)CS[C@@H]3C(N)C(=O)N3C2)cs1. The number of amides is 1. The highest BCUT2D eigenvalue weighted by Crippen LogP contribution is 2.43.